The third-order valence-corrected chi connectivity index (χ3v) is 8.10. The molecular formula is C19H20Cl3IN4O2. The van der Waals surface area contributed by atoms with E-state index in [2.05, 4.69) is 37.5 Å². The van der Waals surface area contributed by atoms with Crippen molar-refractivity contribution in [1.29, 1.82) is 0 Å². The van der Waals surface area contributed by atoms with Crippen LogP contribution in [0, 0.1) is 5.41 Å². The second-order valence-corrected chi connectivity index (χ2v) is 9.86. The van der Waals surface area contributed by atoms with Gasteiger partial charge in [0.2, 0.25) is 0 Å². The second-order valence-electron chi connectivity index (χ2n) is 7.44. The summed E-state index contributed by atoms with van der Waals surface area (Å²) in [6.07, 6.45) is 3.44. The highest BCUT2D eigenvalue weighted by Gasteiger charge is 2.48. The zero-order chi connectivity index (χ0) is 20.8. The lowest BCUT2D eigenvalue weighted by molar-refractivity contribution is 0.127. The minimum atomic E-state index is -0.244. The number of rotatable bonds is 3. The number of nitrogens with two attached hydrogens (primary N) is 1. The number of aromatic nitrogens is 2. The Labute approximate surface area is 197 Å². The average Bonchev–Trinajstić information content (AvgIpc) is 3.00. The van der Waals surface area contributed by atoms with Crippen LogP contribution in [0.3, 0.4) is 0 Å². The SMILES string of the molecule is N[C@@H]1[C@H](I)OCC12CCN(c1ncc(-c3c(Cl)ccc(Cl)c3Cl)nc1CO)CC2. The molecule has 0 aliphatic carbocycles. The molecule has 0 amide bonds. The maximum atomic E-state index is 9.93. The van der Waals surface area contributed by atoms with E-state index in [0.29, 0.717) is 44.4 Å². The number of hydrogen-bond donors (Lipinski definition) is 2. The molecule has 156 valence electrons. The molecule has 1 aromatic heterocycles. The summed E-state index contributed by atoms with van der Waals surface area (Å²) in [6, 6.07) is 3.32. The molecule has 2 aliphatic heterocycles. The van der Waals surface area contributed by atoms with Crippen molar-refractivity contribution in [3.8, 4) is 11.3 Å². The molecule has 1 spiro atoms. The van der Waals surface area contributed by atoms with Crippen LogP contribution in [0.25, 0.3) is 11.3 Å². The fourth-order valence-electron chi connectivity index (χ4n) is 4.04. The molecule has 0 saturated carbocycles. The molecule has 2 aliphatic rings. The van der Waals surface area contributed by atoms with E-state index in [0.717, 1.165) is 25.9 Å². The first kappa shape index (κ1) is 21.8. The topological polar surface area (TPSA) is 84.5 Å². The van der Waals surface area contributed by atoms with E-state index in [4.69, 9.17) is 45.3 Å². The van der Waals surface area contributed by atoms with Gasteiger partial charge in [-0.25, -0.2) is 9.97 Å². The summed E-state index contributed by atoms with van der Waals surface area (Å²) in [5.74, 6) is 0.666. The lowest BCUT2D eigenvalue weighted by Gasteiger charge is -2.41. The smallest absolute Gasteiger partial charge is 0.152 e. The Balaban J connectivity index is 1.60. The van der Waals surface area contributed by atoms with Gasteiger partial charge in [0.1, 0.15) is 9.80 Å². The van der Waals surface area contributed by atoms with Crippen molar-refractivity contribution in [1.82, 2.24) is 9.97 Å². The van der Waals surface area contributed by atoms with Gasteiger partial charge >= 0.3 is 0 Å². The summed E-state index contributed by atoms with van der Waals surface area (Å²) in [5.41, 5.74) is 7.87. The molecule has 4 rings (SSSR count). The number of benzene rings is 1. The van der Waals surface area contributed by atoms with E-state index in [1.165, 1.54) is 0 Å². The van der Waals surface area contributed by atoms with Crippen LogP contribution in [-0.4, -0.2) is 44.9 Å². The van der Waals surface area contributed by atoms with Crippen LogP contribution in [0.4, 0.5) is 5.82 Å². The van der Waals surface area contributed by atoms with Crippen LogP contribution in [-0.2, 0) is 11.3 Å². The van der Waals surface area contributed by atoms with E-state index >= 15 is 0 Å². The van der Waals surface area contributed by atoms with Crippen molar-refractivity contribution >= 4 is 63.2 Å². The molecule has 1 aromatic carbocycles. The molecule has 3 N–H and O–H groups in total. The highest BCUT2D eigenvalue weighted by atomic mass is 127. The molecule has 0 unspecified atom stereocenters. The summed E-state index contributed by atoms with van der Waals surface area (Å²) >= 11 is 21.0. The van der Waals surface area contributed by atoms with Crippen molar-refractivity contribution < 1.29 is 9.84 Å². The summed E-state index contributed by atoms with van der Waals surface area (Å²) in [6.45, 7) is 2.01. The first-order valence-corrected chi connectivity index (χ1v) is 11.6. The number of ether oxygens (including phenoxy) is 1. The molecular weight excluding hydrogens is 549 g/mol. The first-order valence-electron chi connectivity index (χ1n) is 9.23. The Morgan fingerprint density at radius 1 is 1.24 bits per heavy atom. The van der Waals surface area contributed by atoms with Gasteiger partial charge in [-0.1, -0.05) is 34.8 Å². The van der Waals surface area contributed by atoms with E-state index in [1.807, 2.05) is 0 Å². The molecule has 2 aromatic rings. The number of piperidine rings is 1. The molecule has 2 atom stereocenters. The number of hydrogen-bond acceptors (Lipinski definition) is 6. The fourth-order valence-corrected chi connectivity index (χ4v) is 5.70. The predicted octanol–water partition coefficient (Wildman–Crippen LogP) is 4.30. The van der Waals surface area contributed by atoms with Gasteiger partial charge in [-0.2, -0.15) is 0 Å². The summed E-state index contributed by atoms with van der Waals surface area (Å²) < 4.78 is 5.83. The van der Waals surface area contributed by atoms with E-state index < -0.39 is 0 Å². The highest BCUT2D eigenvalue weighted by Crippen LogP contribution is 2.44. The Morgan fingerprint density at radius 3 is 2.55 bits per heavy atom. The van der Waals surface area contributed by atoms with Gasteiger partial charge in [-0.3, -0.25) is 0 Å². The fraction of sp³-hybridized carbons (Fsp3) is 0.474. The number of aliphatic hydroxyl groups excluding tert-OH is 1. The van der Waals surface area contributed by atoms with Gasteiger partial charge in [0.25, 0.3) is 0 Å². The maximum absolute atomic E-state index is 9.93. The number of anilines is 1. The average molecular weight is 570 g/mol. The minimum absolute atomic E-state index is 0.0109. The maximum Gasteiger partial charge on any atom is 0.152 e. The highest BCUT2D eigenvalue weighted by molar-refractivity contribution is 14.1. The third kappa shape index (κ3) is 3.95. The number of halogens is 4. The zero-order valence-electron chi connectivity index (χ0n) is 15.4. The van der Waals surface area contributed by atoms with Gasteiger partial charge < -0.3 is 20.5 Å². The molecule has 3 heterocycles. The van der Waals surface area contributed by atoms with E-state index in [1.54, 1.807) is 18.3 Å². The Kier molecular flexibility index (Phi) is 6.47. The Morgan fingerprint density at radius 2 is 1.93 bits per heavy atom. The molecule has 2 fully saturated rings. The molecule has 0 bridgehead atoms. The van der Waals surface area contributed by atoms with Crippen molar-refractivity contribution in [2.24, 2.45) is 11.1 Å². The van der Waals surface area contributed by atoms with Crippen molar-refractivity contribution in [2.45, 2.75) is 29.6 Å². The lowest BCUT2D eigenvalue weighted by Crippen LogP contribution is -2.50. The summed E-state index contributed by atoms with van der Waals surface area (Å²) in [5, 5.41) is 11.1. The van der Waals surface area contributed by atoms with Crippen LogP contribution in [0.1, 0.15) is 18.5 Å². The molecule has 6 nitrogen and oxygen atoms in total. The zero-order valence-corrected chi connectivity index (χ0v) is 19.8. The summed E-state index contributed by atoms with van der Waals surface area (Å²) in [4.78, 5) is 11.3. The van der Waals surface area contributed by atoms with E-state index in [9.17, 15) is 5.11 Å². The molecule has 2 saturated heterocycles. The van der Waals surface area contributed by atoms with E-state index in [-0.39, 0.29) is 22.2 Å². The van der Waals surface area contributed by atoms with Gasteiger partial charge in [0, 0.05) is 30.1 Å². The predicted molar refractivity (Wildman–Crippen MR) is 124 cm³/mol. The Hall–Kier alpha value is -0.420. The lowest BCUT2D eigenvalue weighted by atomic mass is 9.75. The van der Waals surface area contributed by atoms with Crippen molar-refractivity contribution in [3.63, 3.8) is 0 Å². The third-order valence-electron chi connectivity index (χ3n) is 5.85. The van der Waals surface area contributed by atoms with Gasteiger partial charge in [-0.05, 0) is 47.6 Å². The van der Waals surface area contributed by atoms with Gasteiger partial charge in [0.15, 0.2) is 5.82 Å². The normalized spacial score (nSPS) is 23.7. The standard InChI is InChI=1S/C19H20Cl3IN4O2/c20-10-1-2-11(21)15(22)14(10)12-7-25-18(13(8-28)26-12)27-5-3-19(4-6-27)9-29-17(23)16(19)24/h1-2,7,16-17,28H,3-6,8-9,24H2/t16-,17-/m1/s1. The molecule has 10 heteroatoms. The summed E-state index contributed by atoms with van der Waals surface area (Å²) in [7, 11) is 0. The Bertz CT molecular complexity index is 925. The number of nitrogens with zero attached hydrogens (tertiary/aromatic N) is 3. The number of aliphatic hydroxyl groups is 1. The quantitative estimate of drug-likeness (QED) is 0.326. The largest absolute Gasteiger partial charge is 0.390 e. The first-order chi connectivity index (χ1) is 13.9. The van der Waals surface area contributed by atoms with Gasteiger partial charge in [-0.15, -0.1) is 0 Å². The van der Waals surface area contributed by atoms with Crippen LogP contribution in [0.15, 0.2) is 18.3 Å². The van der Waals surface area contributed by atoms with Crippen molar-refractivity contribution in [3.05, 3.63) is 39.1 Å². The molecule has 0 radical (unpaired) electrons. The van der Waals surface area contributed by atoms with Crippen LogP contribution in [0.5, 0.6) is 0 Å². The van der Waals surface area contributed by atoms with Crippen molar-refractivity contribution in [2.75, 3.05) is 24.6 Å². The molecule has 29 heavy (non-hydrogen) atoms. The van der Waals surface area contributed by atoms with Gasteiger partial charge in [0.05, 0.1) is 40.2 Å². The second kappa shape index (κ2) is 8.61. The monoisotopic (exact) mass is 568 g/mol. The van der Waals surface area contributed by atoms with Crippen LogP contribution < -0.4 is 10.6 Å². The van der Waals surface area contributed by atoms with Crippen LogP contribution in [0.2, 0.25) is 15.1 Å². The number of alkyl halides is 1. The van der Waals surface area contributed by atoms with Crippen LogP contribution >= 0.6 is 57.4 Å². The minimum Gasteiger partial charge on any atom is -0.390 e.